The Hall–Kier alpha value is -0.340. The minimum absolute atomic E-state index is 0.0541. The zero-order chi connectivity index (χ0) is 11.4. The van der Waals surface area contributed by atoms with Gasteiger partial charge in [0, 0.05) is 7.11 Å². The Labute approximate surface area is 99.2 Å². The lowest BCUT2D eigenvalue weighted by Gasteiger charge is -2.42. The molecule has 0 radical (unpaired) electrons. The van der Waals surface area contributed by atoms with Crippen LogP contribution in [0.5, 0.6) is 0 Å². The Morgan fingerprint density at radius 2 is 1.94 bits per heavy atom. The Bertz CT molecular complexity index is 253. The first kappa shape index (κ1) is 12.1. The van der Waals surface area contributed by atoms with Crippen molar-refractivity contribution in [1.82, 2.24) is 0 Å². The number of hydrogen-bond acceptors (Lipinski definition) is 2. The third kappa shape index (κ3) is 2.33. The average Bonchev–Trinajstić information content (AvgIpc) is 2.39. The number of hydrogen-bond donors (Lipinski definition) is 1. The average molecular weight is 223 g/mol. The van der Waals surface area contributed by atoms with Crippen LogP contribution in [0.25, 0.3) is 0 Å². The molecule has 0 aromatic rings. The van der Waals surface area contributed by atoms with Gasteiger partial charge in [0.25, 0.3) is 0 Å². The number of methoxy groups -OCH3 is 1. The van der Waals surface area contributed by atoms with Crippen molar-refractivity contribution >= 4 is 0 Å². The van der Waals surface area contributed by atoms with Gasteiger partial charge in [-0.2, -0.15) is 0 Å². The fraction of sp³-hybridized carbons (Fsp3) is 0.857. The van der Waals surface area contributed by atoms with Crippen molar-refractivity contribution in [2.45, 2.75) is 69.4 Å². The quantitative estimate of drug-likeness (QED) is 0.746. The normalized spacial score (nSPS) is 27.2. The molecule has 0 amide bonds. The van der Waals surface area contributed by atoms with Crippen LogP contribution in [0.15, 0.2) is 11.6 Å². The topological polar surface area (TPSA) is 35.2 Å². The Kier molecular flexibility index (Phi) is 4.04. The molecule has 2 heteroatoms. The van der Waals surface area contributed by atoms with E-state index in [-0.39, 0.29) is 11.6 Å². The molecule has 0 spiro atoms. The van der Waals surface area contributed by atoms with Crippen molar-refractivity contribution in [2.75, 3.05) is 7.11 Å². The highest BCUT2D eigenvalue weighted by molar-refractivity contribution is 5.19. The van der Waals surface area contributed by atoms with Crippen LogP contribution in [0.4, 0.5) is 0 Å². The monoisotopic (exact) mass is 223 g/mol. The van der Waals surface area contributed by atoms with E-state index in [9.17, 15) is 0 Å². The van der Waals surface area contributed by atoms with Crippen molar-refractivity contribution in [3.8, 4) is 0 Å². The molecular formula is C14H25NO. The summed E-state index contributed by atoms with van der Waals surface area (Å²) in [7, 11) is 1.84. The molecule has 0 saturated heterocycles. The van der Waals surface area contributed by atoms with Crippen LogP contribution in [0.2, 0.25) is 0 Å². The van der Waals surface area contributed by atoms with Crippen LogP contribution in [0.1, 0.15) is 57.8 Å². The minimum atomic E-state index is -0.0541. The van der Waals surface area contributed by atoms with E-state index in [1.54, 1.807) is 0 Å². The van der Waals surface area contributed by atoms with Crippen molar-refractivity contribution < 1.29 is 4.74 Å². The maximum Gasteiger partial charge on any atom is 0.0867 e. The molecule has 2 nitrogen and oxygen atoms in total. The van der Waals surface area contributed by atoms with E-state index in [0.717, 1.165) is 12.8 Å². The molecule has 2 aliphatic rings. The first-order chi connectivity index (χ1) is 7.78. The van der Waals surface area contributed by atoms with E-state index in [1.165, 1.54) is 50.5 Å². The second kappa shape index (κ2) is 5.33. The maximum absolute atomic E-state index is 6.48. The lowest BCUT2D eigenvalue weighted by molar-refractivity contribution is -0.0512. The molecule has 1 atom stereocenters. The van der Waals surface area contributed by atoms with Crippen LogP contribution in [0, 0.1) is 0 Å². The van der Waals surface area contributed by atoms with Crippen molar-refractivity contribution in [3.63, 3.8) is 0 Å². The van der Waals surface area contributed by atoms with E-state index in [4.69, 9.17) is 10.5 Å². The van der Waals surface area contributed by atoms with Crippen molar-refractivity contribution in [1.29, 1.82) is 0 Å². The highest BCUT2D eigenvalue weighted by atomic mass is 16.5. The van der Waals surface area contributed by atoms with Crippen LogP contribution in [-0.2, 0) is 4.74 Å². The Morgan fingerprint density at radius 3 is 2.50 bits per heavy atom. The van der Waals surface area contributed by atoms with E-state index in [1.807, 2.05) is 7.11 Å². The van der Waals surface area contributed by atoms with Gasteiger partial charge in [-0.15, -0.1) is 0 Å². The van der Waals surface area contributed by atoms with Gasteiger partial charge >= 0.3 is 0 Å². The zero-order valence-corrected chi connectivity index (χ0v) is 10.5. The van der Waals surface area contributed by atoms with E-state index < -0.39 is 0 Å². The summed E-state index contributed by atoms with van der Waals surface area (Å²) < 4.78 is 5.83. The number of nitrogens with two attached hydrogens (primary N) is 1. The van der Waals surface area contributed by atoms with Crippen LogP contribution in [-0.4, -0.2) is 18.8 Å². The summed E-state index contributed by atoms with van der Waals surface area (Å²) in [5.41, 5.74) is 7.87. The van der Waals surface area contributed by atoms with Gasteiger partial charge < -0.3 is 10.5 Å². The molecule has 0 aromatic carbocycles. The second-order valence-electron chi connectivity index (χ2n) is 5.33. The third-order valence-electron chi connectivity index (χ3n) is 4.40. The Balaban J connectivity index is 2.10. The smallest absolute Gasteiger partial charge is 0.0867 e. The fourth-order valence-corrected chi connectivity index (χ4v) is 3.28. The van der Waals surface area contributed by atoms with Gasteiger partial charge in [-0.25, -0.2) is 0 Å². The predicted molar refractivity (Wildman–Crippen MR) is 67.4 cm³/mol. The molecule has 2 aliphatic carbocycles. The third-order valence-corrected chi connectivity index (χ3v) is 4.40. The standard InChI is InChI=1S/C14H25NO/c1-16-14(10-6-3-7-11-14)13(15)12-8-4-2-5-9-12/h8,13H,2-7,9-11,15H2,1H3. The molecule has 0 heterocycles. The molecule has 16 heavy (non-hydrogen) atoms. The highest BCUT2D eigenvalue weighted by Gasteiger charge is 2.39. The van der Waals surface area contributed by atoms with Crippen LogP contribution >= 0.6 is 0 Å². The molecule has 92 valence electrons. The summed E-state index contributed by atoms with van der Waals surface area (Å²) in [6.07, 6.45) is 13.6. The molecule has 0 bridgehead atoms. The highest BCUT2D eigenvalue weighted by Crippen LogP contribution is 2.37. The molecular weight excluding hydrogens is 198 g/mol. The molecule has 2 rings (SSSR count). The summed E-state index contributed by atoms with van der Waals surface area (Å²) in [4.78, 5) is 0. The minimum Gasteiger partial charge on any atom is -0.376 e. The first-order valence-corrected chi connectivity index (χ1v) is 6.78. The van der Waals surface area contributed by atoms with Crippen LogP contribution in [0.3, 0.4) is 0 Å². The zero-order valence-electron chi connectivity index (χ0n) is 10.5. The van der Waals surface area contributed by atoms with Gasteiger partial charge in [-0.3, -0.25) is 0 Å². The largest absolute Gasteiger partial charge is 0.376 e. The summed E-state index contributed by atoms with van der Waals surface area (Å²) in [5.74, 6) is 0. The Morgan fingerprint density at radius 1 is 1.19 bits per heavy atom. The lowest BCUT2D eigenvalue weighted by atomic mass is 9.75. The summed E-state index contributed by atoms with van der Waals surface area (Å²) in [6.45, 7) is 0. The van der Waals surface area contributed by atoms with Gasteiger partial charge in [0.15, 0.2) is 0 Å². The summed E-state index contributed by atoms with van der Waals surface area (Å²) in [6, 6.07) is 0.137. The van der Waals surface area contributed by atoms with Gasteiger partial charge in [-0.1, -0.05) is 30.9 Å². The van der Waals surface area contributed by atoms with E-state index in [2.05, 4.69) is 6.08 Å². The number of rotatable bonds is 3. The molecule has 0 aliphatic heterocycles. The molecule has 1 unspecified atom stereocenters. The summed E-state index contributed by atoms with van der Waals surface area (Å²) >= 11 is 0. The number of allylic oxidation sites excluding steroid dienone is 1. The SMILES string of the molecule is COC1(C(N)C2=CCCCC2)CCCCC1. The molecule has 2 N–H and O–H groups in total. The van der Waals surface area contributed by atoms with Crippen LogP contribution < -0.4 is 5.73 Å². The van der Waals surface area contributed by atoms with Gasteiger partial charge in [0.05, 0.1) is 11.6 Å². The number of ether oxygens (including phenoxy) is 1. The fourth-order valence-electron chi connectivity index (χ4n) is 3.28. The molecule has 1 saturated carbocycles. The second-order valence-corrected chi connectivity index (χ2v) is 5.33. The maximum atomic E-state index is 6.48. The van der Waals surface area contributed by atoms with Gasteiger partial charge in [0.1, 0.15) is 0 Å². The first-order valence-electron chi connectivity index (χ1n) is 6.78. The van der Waals surface area contributed by atoms with E-state index in [0.29, 0.717) is 0 Å². The van der Waals surface area contributed by atoms with Gasteiger partial charge in [-0.05, 0) is 38.5 Å². The van der Waals surface area contributed by atoms with Gasteiger partial charge in [0.2, 0.25) is 0 Å². The predicted octanol–water partition coefficient (Wildman–Crippen LogP) is 3.16. The van der Waals surface area contributed by atoms with Crippen molar-refractivity contribution in [2.24, 2.45) is 5.73 Å². The lowest BCUT2D eigenvalue weighted by Crippen LogP contribution is -2.52. The summed E-state index contributed by atoms with van der Waals surface area (Å²) in [5, 5.41) is 0. The van der Waals surface area contributed by atoms with E-state index >= 15 is 0 Å². The van der Waals surface area contributed by atoms with Crippen molar-refractivity contribution in [3.05, 3.63) is 11.6 Å². The molecule has 0 aromatic heterocycles. The molecule has 1 fully saturated rings.